The van der Waals surface area contributed by atoms with Gasteiger partial charge < -0.3 is 0 Å². The predicted molar refractivity (Wildman–Crippen MR) is 66.8 cm³/mol. The maximum atomic E-state index is 13.5. The van der Waals surface area contributed by atoms with Crippen molar-refractivity contribution < 1.29 is 8.78 Å². The number of rotatable bonds is 4. The second-order valence-corrected chi connectivity index (χ2v) is 5.39. The Morgan fingerprint density at radius 2 is 1.94 bits per heavy atom. The number of alkyl halides is 1. The summed E-state index contributed by atoms with van der Waals surface area (Å²) in [4.78, 5) is 0. The van der Waals surface area contributed by atoms with E-state index in [0.29, 0.717) is 17.9 Å². The Balaban J connectivity index is 2.99. The van der Waals surface area contributed by atoms with Gasteiger partial charge in [0.25, 0.3) is 0 Å². The van der Waals surface area contributed by atoms with Gasteiger partial charge >= 0.3 is 0 Å². The minimum absolute atomic E-state index is 0.0609. The lowest BCUT2D eigenvalue weighted by Gasteiger charge is -2.32. The smallest absolute Gasteiger partial charge is 0.162 e. The van der Waals surface area contributed by atoms with Crippen LogP contribution in [0.5, 0.6) is 0 Å². The van der Waals surface area contributed by atoms with Gasteiger partial charge in [-0.25, -0.2) is 8.78 Å². The van der Waals surface area contributed by atoms with E-state index in [-0.39, 0.29) is 5.41 Å². The number of hydrogen-bond acceptors (Lipinski definition) is 0. The van der Waals surface area contributed by atoms with Gasteiger partial charge in [-0.15, -0.1) is 0 Å². The van der Waals surface area contributed by atoms with Gasteiger partial charge in [-0.3, -0.25) is 0 Å². The molecule has 1 rings (SSSR count). The Morgan fingerprint density at radius 3 is 2.44 bits per heavy atom. The van der Waals surface area contributed by atoms with Gasteiger partial charge in [0.05, 0.1) is 0 Å². The summed E-state index contributed by atoms with van der Waals surface area (Å²) in [6.45, 7) is 6.27. The van der Waals surface area contributed by atoms with E-state index in [1.807, 2.05) is 0 Å². The van der Waals surface area contributed by atoms with E-state index >= 15 is 0 Å². The molecule has 90 valence electrons. The first-order valence-corrected chi connectivity index (χ1v) is 6.51. The summed E-state index contributed by atoms with van der Waals surface area (Å²) < 4.78 is 26.6. The molecule has 1 aromatic rings. The Morgan fingerprint density at radius 1 is 1.31 bits per heavy atom. The van der Waals surface area contributed by atoms with Crippen LogP contribution < -0.4 is 0 Å². The third kappa shape index (κ3) is 2.82. The molecule has 0 fully saturated rings. The number of halogens is 3. The molecule has 0 nitrogen and oxygen atoms in total. The Bertz CT molecular complexity index is 363. The molecule has 0 heterocycles. The van der Waals surface area contributed by atoms with Crippen LogP contribution >= 0.6 is 15.9 Å². The molecule has 3 heteroatoms. The molecule has 0 N–H and O–H groups in total. The van der Waals surface area contributed by atoms with Crippen LogP contribution in [0, 0.1) is 23.0 Å². The molecule has 0 aromatic heterocycles. The third-order valence-electron chi connectivity index (χ3n) is 3.32. The standard InChI is InChI=1S/C13H17BrF2/c1-9(2)13(3,8-14)7-10-5-4-6-11(15)12(10)16/h4-6,9H,7-8H2,1-3H3. The molecule has 0 aliphatic heterocycles. The van der Waals surface area contributed by atoms with Crippen LogP contribution in [0.2, 0.25) is 0 Å². The summed E-state index contributed by atoms with van der Waals surface area (Å²) >= 11 is 3.46. The SMILES string of the molecule is CC(C)C(C)(CBr)Cc1cccc(F)c1F. The van der Waals surface area contributed by atoms with Crippen LogP contribution in [0.25, 0.3) is 0 Å². The largest absolute Gasteiger partial charge is 0.204 e. The zero-order valence-electron chi connectivity index (χ0n) is 9.86. The van der Waals surface area contributed by atoms with Crippen LogP contribution in [0.15, 0.2) is 18.2 Å². The molecule has 1 aromatic carbocycles. The highest BCUT2D eigenvalue weighted by Crippen LogP contribution is 2.34. The van der Waals surface area contributed by atoms with Crippen LogP contribution in [0.1, 0.15) is 26.3 Å². The Kier molecular flexibility index (Phi) is 4.48. The molecule has 1 unspecified atom stereocenters. The van der Waals surface area contributed by atoms with Crippen molar-refractivity contribution in [3.05, 3.63) is 35.4 Å². The van der Waals surface area contributed by atoms with Crippen molar-refractivity contribution in [2.24, 2.45) is 11.3 Å². The first-order chi connectivity index (χ1) is 7.40. The van der Waals surface area contributed by atoms with Gasteiger partial charge in [-0.1, -0.05) is 48.8 Å². The molecule has 0 saturated carbocycles. The van der Waals surface area contributed by atoms with Crippen molar-refractivity contribution in [1.82, 2.24) is 0 Å². The first kappa shape index (κ1) is 13.6. The molecule has 1 atom stereocenters. The molecule has 0 amide bonds. The summed E-state index contributed by atoms with van der Waals surface area (Å²) in [5.74, 6) is -1.08. The molecule has 0 aliphatic rings. The molecular formula is C13H17BrF2. The highest BCUT2D eigenvalue weighted by molar-refractivity contribution is 9.09. The summed E-state index contributed by atoms with van der Waals surface area (Å²) in [6, 6.07) is 4.37. The summed E-state index contributed by atoms with van der Waals surface area (Å²) in [5.41, 5.74) is 0.393. The van der Waals surface area contributed by atoms with E-state index < -0.39 is 11.6 Å². The highest BCUT2D eigenvalue weighted by Gasteiger charge is 2.28. The second kappa shape index (κ2) is 5.26. The fourth-order valence-electron chi connectivity index (χ4n) is 1.53. The van der Waals surface area contributed by atoms with Crippen LogP contribution in [0.3, 0.4) is 0 Å². The van der Waals surface area contributed by atoms with Crippen molar-refractivity contribution >= 4 is 15.9 Å². The molecule has 16 heavy (non-hydrogen) atoms. The molecule has 0 aliphatic carbocycles. The summed E-state index contributed by atoms with van der Waals surface area (Å²) in [7, 11) is 0. The highest BCUT2D eigenvalue weighted by atomic mass is 79.9. The van der Waals surface area contributed by atoms with E-state index in [2.05, 4.69) is 36.7 Å². The number of hydrogen-bond donors (Lipinski definition) is 0. The molecular weight excluding hydrogens is 274 g/mol. The van der Waals surface area contributed by atoms with E-state index in [4.69, 9.17) is 0 Å². The van der Waals surface area contributed by atoms with Gasteiger partial charge in [-0.05, 0) is 29.4 Å². The van der Waals surface area contributed by atoms with Crippen LogP contribution in [-0.2, 0) is 6.42 Å². The normalized spacial score (nSPS) is 15.2. The first-order valence-electron chi connectivity index (χ1n) is 5.39. The quantitative estimate of drug-likeness (QED) is 0.713. The van der Waals surface area contributed by atoms with E-state index in [9.17, 15) is 8.78 Å². The minimum atomic E-state index is -0.766. The minimum Gasteiger partial charge on any atom is -0.204 e. The van der Waals surface area contributed by atoms with Crippen molar-refractivity contribution in [1.29, 1.82) is 0 Å². The topological polar surface area (TPSA) is 0 Å². The van der Waals surface area contributed by atoms with E-state index in [1.165, 1.54) is 0 Å². The zero-order chi connectivity index (χ0) is 12.3. The molecule has 0 radical (unpaired) electrons. The van der Waals surface area contributed by atoms with E-state index in [0.717, 1.165) is 11.4 Å². The lowest BCUT2D eigenvalue weighted by molar-refractivity contribution is 0.254. The fraction of sp³-hybridized carbons (Fsp3) is 0.538. The van der Waals surface area contributed by atoms with Crippen molar-refractivity contribution in [3.8, 4) is 0 Å². The van der Waals surface area contributed by atoms with Gasteiger partial charge in [0.2, 0.25) is 0 Å². The second-order valence-electron chi connectivity index (χ2n) is 4.83. The van der Waals surface area contributed by atoms with Gasteiger partial charge in [-0.2, -0.15) is 0 Å². The van der Waals surface area contributed by atoms with Gasteiger partial charge in [0.1, 0.15) is 0 Å². The zero-order valence-corrected chi connectivity index (χ0v) is 11.4. The van der Waals surface area contributed by atoms with E-state index in [1.54, 1.807) is 12.1 Å². The molecule has 0 bridgehead atoms. The summed E-state index contributed by atoms with van der Waals surface area (Å²) in [5, 5.41) is 0.771. The Hall–Kier alpha value is -0.440. The van der Waals surface area contributed by atoms with Crippen LogP contribution in [0.4, 0.5) is 8.78 Å². The molecule has 0 saturated heterocycles. The number of benzene rings is 1. The lowest BCUT2D eigenvalue weighted by Crippen LogP contribution is -2.28. The van der Waals surface area contributed by atoms with Gasteiger partial charge in [0, 0.05) is 5.33 Å². The Labute approximate surface area is 104 Å². The summed E-state index contributed by atoms with van der Waals surface area (Å²) in [6.07, 6.45) is 0.541. The average Bonchev–Trinajstić information content (AvgIpc) is 2.24. The monoisotopic (exact) mass is 290 g/mol. The lowest BCUT2D eigenvalue weighted by atomic mass is 9.76. The predicted octanol–water partition coefficient (Wildman–Crippen LogP) is 4.56. The van der Waals surface area contributed by atoms with Crippen molar-refractivity contribution in [3.63, 3.8) is 0 Å². The van der Waals surface area contributed by atoms with Crippen molar-refractivity contribution in [2.45, 2.75) is 27.2 Å². The molecule has 0 spiro atoms. The third-order valence-corrected chi connectivity index (χ3v) is 4.61. The van der Waals surface area contributed by atoms with Gasteiger partial charge in [0.15, 0.2) is 11.6 Å². The van der Waals surface area contributed by atoms with Crippen LogP contribution in [-0.4, -0.2) is 5.33 Å². The maximum absolute atomic E-state index is 13.5. The fourth-order valence-corrected chi connectivity index (χ4v) is 2.37. The van der Waals surface area contributed by atoms with Crippen molar-refractivity contribution in [2.75, 3.05) is 5.33 Å². The maximum Gasteiger partial charge on any atom is 0.162 e. The average molecular weight is 291 g/mol.